The number of aromatic nitrogens is 1. The second-order valence-corrected chi connectivity index (χ2v) is 6.54. The minimum absolute atomic E-state index is 0.0287. The molecule has 0 spiro atoms. The third-order valence-corrected chi connectivity index (χ3v) is 4.84. The van der Waals surface area contributed by atoms with Crippen LogP contribution in [0.2, 0.25) is 0 Å². The highest BCUT2D eigenvalue weighted by atomic mass is 16.5. The number of hydrogen-bond donors (Lipinski definition) is 3. The number of ether oxygens (including phenoxy) is 1. The van der Waals surface area contributed by atoms with Crippen molar-refractivity contribution in [3.8, 4) is 5.75 Å². The van der Waals surface area contributed by atoms with Crippen molar-refractivity contribution in [1.82, 2.24) is 4.98 Å². The molecule has 4 rings (SSSR count). The Morgan fingerprint density at radius 2 is 2.19 bits per heavy atom. The molecule has 134 valence electrons. The maximum Gasteiger partial charge on any atom is 0.228 e. The molecule has 0 unspecified atom stereocenters. The van der Waals surface area contributed by atoms with Crippen LogP contribution >= 0.6 is 0 Å². The molecular formula is C19H21N5O2. The quantitative estimate of drug-likeness (QED) is 0.495. The van der Waals surface area contributed by atoms with Crippen molar-refractivity contribution in [3.05, 3.63) is 41.1 Å². The molecule has 1 aromatic carbocycles. The molecule has 0 saturated heterocycles. The Morgan fingerprint density at radius 1 is 1.38 bits per heavy atom. The van der Waals surface area contributed by atoms with Gasteiger partial charge in [0.15, 0.2) is 0 Å². The summed E-state index contributed by atoms with van der Waals surface area (Å²) >= 11 is 0. The van der Waals surface area contributed by atoms with Crippen molar-refractivity contribution in [3.63, 3.8) is 0 Å². The lowest BCUT2D eigenvalue weighted by molar-refractivity contribution is -0.117. The third-order valence-electron chi connectivity index (χ3n) is 4.84. The van der Waals surface area contributed by atoms with E-state index in [2.05, 4.69) is 20.6 Å². The molecule has 7 nitrogen and oxygen atoms in total. The number of fused-ring (bicyclic) bond motifs is 2. The average Bonchev–Trinajstić information content (AvgIpc) is 3.51. The maximum absolute atomic E-state index is 12.2. The number of nitrogens with one attached hydrogen (secondary N) is 2. The van der Waals surface area contributed by atoms with E-state index >= 15 is 0 Å². The van der Waals surface area contributed by atoms with Crippen LogP contribution in [0.1, 0.15) is 29.5 Å². The number of methoxy groups -OCH3 is 1. The van der Waals surface area contributed by atoms with Crippen molar-refractivity contribution < 1.29 is 9.53 Å². The third kappa shape index (κ3) is 2.75. The Bertz CT molecular complexity index is 918. The largest absolute Gasteiger partial charge is 0.495 e. The minimum Gasteiger partial charge on any atom is -0.495 e. The van der Waals surface area contributed by atoms with Crippen LogP contribution in [0.25, 0.3) is 0 Å². The van der Waals surface area contributed by atoms with Gasteiger partial charge in [0, 0.05) is 31.1 Å². The van der Waals surface area contributed by atoms with Gasteiger partial charge in [-0.3, -0.25) is 9.79 Å². The number of pyridine rings is 1. The zero-order valence-corrected chi connectivity index (χ0v) is 14.8. The SMILES string of the molecule is CN=C(N)c1cnc(NC(=O)C2CC2)c2c1Nc1c(cccc1OC)C2. The fraction of sp³-hybridized carbons (Fsp3) is 0.316. The van der Waals surface area contributed by atoms with Crippen LogP contribution in [-0.4, -0.2) is 30.9 Å². The van der Waals surface area contributed by atoms with Gasteiger partial charge in [0.1, 0.15) is 17.4 Å². The summed E-state index contributed by atoms with van der Waals surface area (Å²) in [6.07, 6.45) is 4.16. The molecule has 0 atom stereocenters. The van der Waals surface area contributed by atoms with Crippen molar-refractivity contribution in [2.24, 2.45) is 16.6 Å². The normalized spacial score (nSPS) is 15.5. The summed E-state index contributed by atoms with van der Waals surface area (Å²) in [6, 6.07) is 5.89. The van der Waals surface area contributed by atoms with Crippen molar-refractivity contribution in [2.45, 2.75) is 19.3 Å². The van der Waals surface area contributed by atoms with Gasteiger partial charge in [0.25, 0.3) is 0 Å². The van der Waals surface area contributed by atoms with E-state index in [9.17, 15) is 4.79 Å². The molecule has 1 fully saturated rings. The summed E-state index contributed by atoms with van der Waals surface area (Å²) in [4.78, 5) is 20.8. The molecular weight excluding hydrogens is 330 g/mol. The first-order valence-electron chi connectivity index (χ1n) is 8.60. The zero-order valence-electron chi connectivity index (χ0n) is 14.8. The number of rotatable bonds is 4. The van der Waals surface area contributed by atoms with Gasteiger partial charge >= 0.3 is 0 Å². The topological polar surface area (TPSA) is 102 Å². The zero-order chi connectivity index (χ0) is 18.3. The van der Waals surface area contributed by atoms with E-state index in [0.717, 1.165) is 41.1 Å². The van der Waals surface area contributed by atoms with Gasteiger partial charge in [0.2, 0.25) is 5.91 Å². The molecule has 2 aromatic rings. The lowest BCUT2D eigenvalue weighted by Gasteiger charge is -2.26. The van der Waals surface area contributed by atoms with Crippen molar-refractivity contribution in [1.29, 1.82) is 0 Å². The Balaban J connectivity index is 1.81. The van der Waals surface area contributed by atoms with Crippen LogP contribution < -0.4 is 21.1 Å². The summed E-state index contributed by atoms with van der Waals surface area (Å²) < 4.78 is 5.48. The Hall–Kier alpha value is -3.09. The Morgan fingerprint density at radius 3 is 2.88 bits per heavy atom. The second-order valence-electron chi connectivity index (χ2n) is 6.54. The fourth-order valence-electron chi connectivity index (χ4n) is 3.21. The Kier molecular flexibility index (Phi) is 3.99. The summed E-state index contributed by atoms with van der Waals surface area (Å²) in [7, 11) is 3.28. The molecule has 1 aromatic heterocycles. The molecule has 26 heavy (non-hydrogen) atoms. The highest BCUT2D eigenvalue weighted by Crippen LogP contribution is 2.42. The lowest BCUT2D eigenvalue weighted by atomic mass is 9.95. The second kappa shape index (κ2) is 6.33. The number of nitrogens with two attached hydrogens (primary N) is 1. The molecule has 1 aliphatic heterocycles. The number of anilines is 3. The number of para-hydroxylation sites is 1. The van der Waals surface area contributed by atoms with E-state index in [-0.39, 0.29) is 11.8 Å². The van der Waals surface area contributed by atoms with Crippen LogP contribution in [0, 0.1) is 5.92 Å². The van der Waals surface area contributed by atoms with E-state index in [1.165, 1.54) is 0 Å². The first kappa shape index (κ1) is 16.4. The summed E-state index contributed by atoms with van der Waals surface area (Å²) in [5.41, 5.74) is 10.5. The predicted octanol–water partition coefficient (Wildman–Crippen LogP) is 2.42. The highest BCUT2D eigenvalue weighted by Gasteiger charge is 2.32. The summed E-state index contributed by atoms with van der Waals surface area (Å²) in [6.45, 7) is 0. The number of carbonyl (C=O) groups excluding carboxylic acids is 1. The lowest BCUT2D eigenvalue weighted by Crippen LogP contribution is -2.22. The fourth-order valence-corrected chi connectivity index (χ4v) is 3.21. The van der Waals surface area contributed by atoms with Gasteiger partial charge in [-0.15, -0.1) is 0 Å². The summed E-state index contributed by atoms with van der Waals surface area (Å²) in [5.74, 6) is 1.86. The number of aliphatic imine (C=N–C) groups is 1. The van der Waals surface area contributed by atoms with Crippen LogP contribution in [0.5, 0.6) is 5.75 Å². The van der Waals surface area contributed by atoms with Crippen molar-refractivity contribution in [2.75, 3.05) is 24.8 Å². The molecule has 7 heteroatoms. The first-order valence-corrected chi connectivity index (χ1v) is 8.60. The number of benzene rings is 1. The van der Waals surface area contributed by atoms with E-state index < -0.39 is 0 Å². The number of amides is 1. The van der Waals surface area contributed by atoms with Gasteiger partial charge in [-0.25, -0.2) is 4.98 Å². The standard InChI is InChI=1S/C19H21N5O2/c1-21-17(20)13-9-22-18(24-19(25)10-6-7-10)12-8-11-4-3-5-14(26-2)15(11)23-16(12)13/h3-5,9-10,23H,6-8H2,1-2H3,(H2,20,21)(H,22,24,25). The van der Waals surface area contributed by atoms with E-state index in [4.69, 9.17) is 10.5 Å². The number of amidine groups is 1. The number of nitrogens with zero attached hydrogens (tertiary/aromatic N) is 2. The molecule has 1 saturated carbocycles. The summed E-state index contributed by atoms with van der Waals surface area (Å²) in [5, 5.41) is 6.40. The Labute approximate surface area is 151 Å². The molecule has 2 aliphatic rings. The van der Waals surface area contributed by atoms with Gasteiger partial charge in [-0.05, 0) is 24.5 Å². The minimum atomic E-state index is 0.0287. The van der Waals surface area contributed by atoms with E-state index in [0.29, 0.717) is 23.6 Å². The molecule has 0 radical (unpaired) electrons. The number of hydrogen-bond acceptors (Lipinski definition) is 5. The smallest absolute Gasteiger partial charge is 0.228 e. The van der Waals surface area contributed by atoms with Crippen LogP contribution in [0.4, 0.5) is 17.2 Å². The highest BCUT2D eigenvalue weighted by molar-refractivity contribution is 6.05. The average molecular weight is 351 g/mol. The van der Waals surface area contributed by atoms with Crippen molar-refractivity contribution >= 4 is 28.9 Å². The molecule has 4 N–H and O–H groups in total. The van der Waals surface area contributed by atoms with Crippen LogP contribution in [0.3, 0.4) is 0 Å². The van der Waals surface area contributed by atoms with Crippen LogP contribution in [0.15, 0.2) is 29.4 Å². The van der Waals surface area contributed by atoms with E-state index in [1.807, 2.05) is 18.2 Å². The molecule has 1 amide bonds. The van der Waals surface area contributed by atoms with Crippen LogP contribution in [-0.2, 0) is 11.2 Å². The number of carbonyl (C=O) groups is 1. The van der Waals surface area contributed by atoms with Gasteiger partial charge < -0.3 is 21.1 Å². The van der Waals surface area contributed by atoms with Gasteiger partial charge in [-0.2, -0.15) is 0 Å². The van der Waals surface area contributed by atoms with Gasteiger partial charge in [0.05, 0.1) is 24.0 Å². The molecule has 1 aliphatic carbocycles. The predicted molar refractivity (Wildman–Crippen MR) is 101 cm³/mol. The maximum atomic E-state index is 12.2. The monoisotopic (exact) mass is 351 g/mol. The first-order chi connectivity index (χ1) is 12.6. The van der Waals surface area contributed by atoms with Gasteiger partial charge in [-0.1, -0.05) is 12.1 Å². The molecule has 2 heterocycles. The van der Waals surface area contributed by atoms with E-state index in [1.54, 1.807) is 20.4 Å². The molecule has 0 bridgehead atoms.